The predicted molar refractivity (Wildman–Crippen MR) is 43.5 cm³/mol. The smallest absolute Gasteiger partial charge is 0.247 e. The summed E-state index contributed by atoms with van der Waals surface area (Å²) >= 11 is 0. The second-order valence-corrected chi connectivity index (χ2v) is 2.61. The summed E-state index contributed by atoms with van der Waals surface area (Å²) in [5.41, 5.74) is 10.8. The number of aliphatic imine (C=N–C) groups is 1. The van der Waals surface area contributed by atoms with Crippen LogP contribution in [0.1, 0.15) is 0 Å². The van der Waals surface area contributed by atoms with Gasteiger partial charge < -0.3 is 11.5 Å². The molecule has 0 bridgehead atoms. The highest BCUT2D eigenvalue weighted by Crippen LogP contribution is 2.02. The molecule has 0 aromatic heterocycles. The maximum atomic E-state index is 11.0. The topological polar surface area (TPSA) is 123 Å². The first kappa shape index (κ1) is 8.91. The van der Waals surface area contributed by atoms with Crippen molar-refractivity contribution in [2.45, 2.75) is 12.2 Å². The lowest BCUT2D eigenvalue weighted by Crippen LogP contribution is -2.61. The summed E-state index contributed by atoms with van der Waals surface area (Å²) in [6, 6.07) is -0.771. The van der Waals surface area contributed by atoms with Gasteiger partial charge in [-0.2, -0.15) is 0 Å². The summed E-state index contributed by atoms with van der Waals surface area (Å²) in [4.78, 5) is 14.9. The highest BCUT2D eigenvalue weighted by atomic mass is 16.2. The molecule has 0 aromatic carbocycles. The summed E-state index contributed by atoms with van der Waals surface area (Å²) in [5.74, 6) is 5.07. The van der Waals surface area contributed by atoms with Gasteiger partial charge in [0.05, 0.1) is 0 Å². The van der Waals surface area contributed by atoms with E-state index in [0.717, 1.165) is 0 Å². The molecule has 2 unspecified atom stereocenters. The van der Waals surface area contributed by atoms with E-state index in [1.54, 1.807) is 7.05 Å². The third-order valence-electron chi connectivity index (χ3n) is 1.56. The van der Waals surface area contributed by atoms with E-state index < -0.39 is 12.2 Å². The molecule has 7 nitrogen and oxygen atoms in total. The number of nitrogens with one attached hydrogen (secondary N) is 1. The zero-order valence-electron chi connectivity index (χ0n) is 6.69. The largest absolute Gasteiger partial charge is 0.370 e. The van der Waals surface area contributed by atoms with Crippen LogP contribution in [-0.2, 0) is 4.79 Å². The van der Waals surface area contributed by atoms with Crippen molar-refractivity contribution in [3.8, 4) is 0 Å². The van der Waals surface area contributed by atoms with E-state index in [-0.39, 0.29) is 11.9 Å². The molecule has 68 valence electrons. The molecule has 1 amide bonds. The van der Waals surface area contributed by atoms with Crippen molar-refractivity contribution in [2.24, 2.45) is 22.3 Å². The predicted octanol–water partition coefficient (Wildman–Crippen LogP) is -3.11. The Labute approximate surface area is 69.5 Å². The minimum absolute atomic E-state index is 0.0454. The number of nitrogens with two attached hydrogens (primary N) is 3. The summed E-state index contributed by atoms with van der Waals surface area (Å²) in [7, 11) is 1.57. The Hall–Kier alpha value is -1.18. The summed E-state index contributed by atoms with van der Waals surface area (Å²) in [6.45, 7) is 0. The van der Waals surface area contributed by atoms with Crippen molar-refractivity contribution in [1.29, 1.82) is 0 Å². The van der Waals surface area contributed by atoms with E-state index in [4.69, 9.17) is 17.3 Å². The van der Waals surface area contributed by atoms with E-state index in [0.29, 0.717) is 0 Å². The number of nitrogens with zero attached hydrogens (tertiary/aromatic N) is 2. The lowest BCUT2D eigenvalue weighted by molar-refractivity contribution is -0.122. The quantitative estimate of drug-likeness (QED) is 0.246. The number of hydrogen-bond donors (Lipinski definition) is 4. The van der Waals surface area contributed by atoms with Crippen molar-refractivity contribution < 1.29 is 4.79 Å². The van der Waals surface area contributed by atoms with Crippen molar-refractivity contribution in [2.75, 3.05) is 7.05 Å². The molecule has 7 heteroatoms. The zero-order chi connectivity index (χ0) is 9.30. The van der Waals surface area contributed by atoms with Gasteiger partial charge in [0.2, 0.25) is 5.91 Å². The van der Waals surface area contributed by atoms with E-state index in [1.807, 2.05) is 0 Å². The molecule has 0 aliphatic carbocycles. The van der Waals surface area contributed by atoms with Gasteiger partial charge in [-0.25, -0.2) is 10.0 Å². The van der Waals surface area contributed by atoms with Gasteiger partial charge in [0, 0.05) is 7.05 Å². The Balaban J connectivity index is 2.84. The van der Waals surface area contributed by atoms with Crippen molar-refractivity contribution in [3.05, 3.63) is 0 Å². The monoisotopic (exact) mass is 172 g/mol. The number of hydrazine groups is 1. The molecule has 1 aliphatic rings. The van der Waals surface area contributed by atoms with Crippen LogP contribution < -0.4 is 22.6 Å². The molecule has 1 rings (SSSR count). The van der Waals surface area contributed by atoms with Gasteiger partial charge in [-0.1, -0.05) is 0 Å². The number of carbonyl (C=O) groups excluding carboxylic acids is 1. The van der Waals surface area contributed by atoms with Gasteiger partial charge in [0.15, 0.2) is 5.96 Å². The maximum Gasteiger partial charge on any atom is 0.247 e. The Morgan fingerprint density at radius 2 is 2.25 bits per heavy atom. The SMILES string of the molecule is CN(N)C1N=C(N)NC(=O)C1N. The molecule has 0 aromatic rings. The van der Waals surface area contributed by atoms with Gasteiger partial charge >= 0.3 is 0 Å². The number of guanidine groups is 1. The highest BCUT2D eigenvalue weighted by Gasteiger charge is 2.30. The molecule has 1 aliphatic heterocycles. The summed E-state index contributed by atoms with van der Waals surface area (Å²) in [5, 5.41) is 3.54. The molecule has 0 radical (unpaired) electrons. The second-order valence-electron chi connectivity index (χ2n) is 2.61. The van der Waals surface area contributed by atoms with Crippen LogP contribution in [0.5, 0.6) is 0 Å². The van der Waals surface area contributed by atoms with Crippen LogP contribution in [0.2, 0.25) is 0 Å². The third kappa shape index (κ3) is 1.52. The summed E-state index contributed by atoms with van der Waals surface area (Å²) < 4.78 is 0. The fourth-order valence-electron chi connectivity index (χ4n) is 0.944. The molecule has 0 saturated heterocycles. The van der Waals surface area contributed by atoms with E-state index in [1.165, 1.54) is 5.01 Å². The average molecular weight is 172 g/mol. The first-order valence-electron chi connectivity index (χ1n) is 3.39. The average Bonchev–Trinajstić information content (AvgIpc) is 1.96. The summed E-state index contributed by atoms with van der Waals surface area (Å²) in [6.07, 6.45) is -0.584. The van der Waals surface area contributed by atoms with Crippen molar-refractivity contribution >= 4 is 11.9 Å². The van der Waals surface area contributed by atoms with Crippen LogP contribution in [0.3, 0.4) is 0 Å². The first-order valence-corrected chi connectivity index (χ1v) is 3.39. The van der Waals surface area contributed by atoms with Gasteiger partial charge in [0.1, 0.15) is 12.2 Å². The highest BCUT2D eigenvalue weighted by molar-refractivity contribution is 6.00. The lowest BCUT2D eigenvalue weighted by Gasteiger charge is -2.28. The minimum Gasteiger partial charge on any atom is -0.370 e. The van der Waals surface area contributed by atoms with E-state index in [9.17, 15) is 4.79 Å². The fourth-order valence-corrected chi connectivity index (χ4v) is 0.944. The number of rotatable bonds is 1. The molecule has 7 N–H and O–H groups in total. The molecular weight excluding hydrogens is 160 g/mol. The Morgan fingerprint density at radius 3 is 2.75 bits per heavy atom. The number of carbonyl (C=O) groups is 1. The number of likely N-dealkylation sites (N-methyl/N-ethyl adjacent to an activating group) is 1. The Bertz CT molecular complexity index is 224. The van der Waals surface area contributed by atoms with Crippen LogP contribution >= 0.6 is 0 Å². The van der Waals surface area contributed by atoms with Crippen LogP contribution in [0.15, 0.2) is 4.99 Å². The lowest BCUT2D eigenvalue weighted by atomic mass is 10.2. The molecular formula is C5H12N6O. The minimum atomic E-state index is -0.771. The van der Waals surface area contributed by atoms with Gasteiger partial charge in [-0.05, 0) is 0 Å². The molecule has 0 fully saturated rings. The van der Waals surface area contributed by atoms with E-state index in [2.05, 4.69) is 10.3 Å². The van der Waals surface area contributed by atoms with Crippen LogP contribution in [0.25, 0.3) is 0 Å². The maximum absolute atomic E-state index is 11.0. The Morgan fingerprint density at radius 1 is 1.67 bits per heavy atom. The van der Waals surface area contributed by atoms with Gasteiger partial charge in [-0.3, -0.25) is 16.0 Å². The molecule has 0 saturated carbocycles. The third-order valence-corrected chi connectivity index (χ3v) is 1.56. The molecule has 12 heavy (non-hydrogen) atoms. The number of hydrogen-bond acceptors (Lipinski definition) is 6. The number of amides is 1. The van der Waals surface area contributed by atoms with Crippen molar-refractivity contribution in [1.82, 2.24) is 10.3 Å². The van der Waals surface area contributed by atoms with Crippen LogP contribution in [-0.4, -0.2) is 36.1 Å². The Kier molecular flexibility index (Phi) is 2.27. The van der Waals surface area contributed by atoms with Crippen molar-refractivity contribution in [3.63, 3.8) is 0 Å². The first-order chi connectivity index (χ1) is 5.52. The van der Waals surface area contributed by atoms with Crippen LogP contribution in [0, 0.1) is 0 Å². The fraction of sp³-hybridized carbons (Fsp3) is 0.600. The van der Waals surface area contributed by atoms with Gasteiger partial charge in [0.25, 0.3) is 0 Å². The molecule has 1 heterocycles. The van der Waals surface area contributed by atoms with E-state index >= 15 is 0 Å². The van der Waals surface area contributed by atoms with Crippen LogP contribution in [0.4, 0.5) is 0 Å². The second kappa shape index (κ2) is 3.05. The standard InChI is InChI=1S/C5H12N6O/c1-11(8)3-2(6)4(12)10-5(7)9-3/h2-3H,6,8H2,1H3,(H3,7,9,10,12). The molecule has 0 spiro atoms. The zero-order valence-corrected chi connectivity index (χ0v) is 6.69. The van der Waals surface area contributed by atoms with Gasteiger partial charge in [-0.15, -0.1) is 0 Å². The molecule has 2 atom stereocenters. The normalized spacial score (nSPS) is 30.0.